The number of benzene rings is 1. The van der Waals surface area contributed by atoms with Gasteiger partial charge in [-0.05, 0) is 24.1 Å². The zero-order valence-electron chi connectivity index (χ0n) is 15.5. The molecule has 2 aromatic heterocycles. The van der Waals surface area contributed by atoms with E-state index in [1.54, 1.807) is 17.8 Å². The smallest absolute Gasteiger partial charge is 0.287 e. The minimum absolute atomic E-state index is 0.0391. The first-order valence-electron chi connectivity index (χ1n) is 8.99. The number of aromatic nitrogens is 2. The van der Waals surface area contributed by atoms with E-state index in [-0.39, 0.29) is 28.8 Å². The van der Waals surface area contributed by atoms with Crippen molar-refractivity contribution >= 4 is 29.1 Å². The molecule has 0 aliphatic carbocycles. The summed E-state index contributed by atoms with van der Waals surface area (Å²) in [5.74, 6) is 0.0325. The fourth-order valence-corrected chi connectivity index (χ4v) is 4.08. The minimum Gasteiger partial charge on any atom is -0.439 e. The highest BCUT2D eigenvalue weighted by molar-refractivity contribution is 6.35. The van der Waals surface area contributed by atoms with Gasteiger partial charge in [0, 0.05) is 38.2 Å². The van der Waals surface area contributed by atoms with Crippen molar-refractivity contribution in [2.75, 3.05) is 13.1 Å². The fraction of sp³-hybridized carbons (Fsp3) is 0.300. The van der Waals surface area contributed by atoms with Crippen LogP contribution in [0.5, 0.6) is 0 Å². The van der Waals surface area contributed by atoms with Gasteiger partial charge in [0.25, 0.3) is 5.91 Å². The lowest BCUT2D eigenvalue weighted by Gasteiger charge is -2.20. The lowest BCUT2D eigenvalue weighted by molar-refractivity contribution is 0.0909. The number of halogens is 2. The summed E-state index contributed by atoms with van der Waals surface area (Å²) < 4.78 is 7.10. The van der Waals surface area contributed by atoms with Gasteiger partial charge in [-0.1, -0.05) is 41.4 Å². The second-order valence-electron chi connectivity index (χ2n) is 7.02. The van der Waals surface area contributed by atoms with Gasteiger partial charge < -0.3 is 15.1 Å². The van der Waals surface area contributed by atoms with E-state index in [0.29, 0.717) is 22.8 Å². The van der Waals surface area contributed by atoms with Crippen LogP contribution in [-0.2, 0) is 7.05 Å². The molecule has 1 fully saturated rings. The number of nitrogens with zero attached hydrogens (tertiary/aromatic N) is 2. The number of nitrogens with one attached hydrogen (secondary N) is 2. The summed E-state index contributed by atoms with van der Waals surface area (Å²) in [6.07, 6.45) is 1.52. The summed E-state index contributed by atoms with van der Waals surface area (Å²) in [5.41, 5.74) is 3.55. The Morgan fingerprint density at radius 2 is 2.04 bits per heavy atom. The third-order valence-electron chi connectivity index (χ3n) is 5.10. The van der Waals surface area contributed by atoms with Gasteiger partial charge in [0.1, 0.15) is 0 Å². The third-order valence-corrected chi connectivity index (χ3v) is 5.65. The largest absolute Gasteiger partial charge is 0.439 e. The summed E-state index contributed by atoms with van der Waals surface area (Å²) in [6.45, 7) is 3.56. The number of hydrogen-bond acceptors (Lipinski definition) is 4. The van der Waals surface area contributed by atoms with Crippen LogP contribution in [0.25, 0.3) is 11.3 Å². The molecule has 0 radical (unpaired) electrons. The van der Waals surface area contributed by atoms with Crippen LogP contribution in [0.1, 0.15) is 27.6 Å². The highest BCUT2D eigenvalue weighted by Gasteiger charge is 2.31. The number of hydrogen-bond donors (Lipinski definition) is 2. The van der Waals surface area contributed by atoms with Gasteiger partial charge in [-0.2, -0.15) is 5.10 Å². The summed E-state index contributed by atoms with van der Waals surface area (Å²) in [5, 5.41) is 11.1. The second kappa shape index (κ2) is 7.62. The van der Waals surface area contributed by atoms with Crippen molar-refractivity contribution < 1.29 is 9.21 Å². The second-order valence-corrected chi connectivity index (χ2v) is 7.77. The van der Waals surface area contributed by atoms with Crippen molar-refractivity contribution in [3.8, 4) is 11.3 Å². The Morgan fingerprint density at radius 3 is 2.71 bits per heavy atom. The van der Waals surface area contributed by atoms with E-state index < -0.39 is 0 Å². The Kier molecular flexibility index (Phi) is 5.19. The maximum absolute atomic E-state index is 12.8. The molecule has 0 bridgehead atoms. The number of furan rings is 1. The zero-order chi connectivity index (χ0) is 19.8. The minimum atomic E-state index is -0.308. The van der Waals surface area contributed by atoms with E-state index in [0.717, 1.165) is 6.54 Å². The molecule has 8 heteroatoms. The average Bonchev–Trinajstić information content (AvgIpc) is 3.36. The summed E-state index contributed by atoms with van der Waals surface area (Å²) in [4.78, 5) is 12.8. The molecule has 28 heavy (non-hydrogen) atoms. The first kappa shape index (κ1) is 19.1. The molecule has 146 valence electrons. The predicted octanol–water partition coefficient (Wildman–Crippen LogP) is 3.78. The van der Waals surface area contributed by atoms with Crippen molar-refractivity contribution in [2.24, 2.45) is 7.05 Å². The van der Waals surface area contributed by atoms with Crippen LogP contribution in [0.2, 0.25) is 10.2 Å². The maximum atomic E-state index is 12.8. The van der Waals surface area contributed by atoms with E-state index in [1.807, 2.05) is 0 Å². The van der Waals surface area contributed by atoms with Crippen LogP contribution < -0.4 is 10.6 Å². The van der Waals surface area contributed by atoms with Gasteiger partial charge in [-0.25, -0.2) is 0 Å². The van der Waals surface area contributed by atoms with Gasteiger partial charge in [0.15, 0.2) is 5.76 Å². The van der Waals surface area contributed by atoms with Gasteiger partial charge in [-0.3, -0.25) is 9.48 Å². The summed E-state index contributed by atoms with van der Waals surface area (Å²) in [6, 6.07) is 9.95. The number of aryl methyl sites for hydroxylation is 2. The fourth-order valence-electron chi connectivity index (χ4n) is 3.59. The first-order chi connectivity index (χ1) is 13.4. The molecule has 1 aliphatic rings. The lowest BCUT2D eigenvalue weighted by Crippen LogP contribution is -2.39. The molecule has 4 rings (SSSR count). The molecule has 1 amide bonds. The number of rotatable bonds is 4. The molecule has 0 unspecified atom stereocenters. The van der Waals surface area contributed by atoms with Gasteiger partial charge in [-0.15, -0.1) is 0 Å². The Morgan fingerprint density at radius 1 is 1.29 bits per heavy atom. The van der Waals surface area contributed by atoms with Gasteiger partial charge >= 0.3 is 0 Å². The van der Waals surface area contributed by atoms with Crippen LogP contribution in [0, 0.1) is 6.92 Å². The highest BCUT2D eigenvalue weighted by Crippen LogP contribution is 2.35. The number of carbonyl (C=O) groups excluding carboxylic acids is 1. The molecular weight excluding hydrogens is 399 g/mol. The van der Waals surface area contributed by atoms with Crippen molar-refractivity contribution in [1.29, 1.82) is 0 Å². The molecule has 2 atom stereocenters. The standard InChI is InChI=1S/C20H20Cl2N4O2/c1-11-3-5-12(6-4-11)14-8-23-10-16(14)25-20(27)17-7-13(19(22)28-17)18-15(21)9-24-26(18)2/h3-7,9,14,16,23H,8,10H2,1-2H3,(H,25,27)/t14-,16+/m1/s1. The first-order valence-corrected chi connectivity index (χ1v) is 9.75. The molecule has 1 aromatic carbocycles. The van der Waals surface area contributed by atoms with Gasteiger partial charge in [0.05, 0.1) is 22.5 Å². The molecular formula is C20H20Cl2N4O2. The van der Waals surface area contributed by atoms with Crippen molar-refractivity contribution in [3.05, 3.63) is 63.7 Å². The van der Waals surface area contributed by atoms with Gasteiger partial charge in [0.2, 0.25) is 5.22 Å². The average molecular weight is 419 g/mol. The Bertz CT molecular complexity index is 990. The Hall–Kier alpha value is -2.28. The molecule has 0 spiro atoms. The SMILES string of the molecule is Cc1ccc([C@H]2CNC[C@@H]2NC(=O)c2cc(-c3c(Cl)cnn3C)c(Cl)o2)cc1. The lowest BCUT2D eigenvalue weighted by atomic mass is 9.93. The predicted molar refractivity (Wildman–Crippen MR) is 109 cm³/mol. The molecule has 1 aliphatic heterocycles. The van der Waals surface area contributed by atoms with Crippen LogP contribution >= 0.6 is 23.2 Å². The molecule has 2 N–H and O–H groups in total. The Balaban J connectivity index is 1.54. The zero-order valence-corrected chi connectivity index (χ0v) is 17.0. The third kappa shape index (κ3) is 3.55. The maximum Gasteiger partial charge on any atom is 0.287 e. The van der Waals surface area contributed by atoms with E-state index >= 15 is 0 Å². The summed E-state index contributed by atoms with van der Waals surface area (Å²) >= 11 is 12.4. The number of amides is 1. The van der Waals surface area contributed by atoms with Crippen LogP contribution in [0.3, 0.4) is 0 Å². The molecule has 0 saturated carbocycles. The van der Waals surface area contributed by atoms with Crippen molar-refractivity contribution in [1.82, 2.24) is 20.4 Å². The molecule has 3 aromatic rings. The van der Waals surface area contributed by atoms with Crippen molar-refractivity contribution in [3.63, 3.8) is 0 Å². The van der Waals surface area contributed by atoms with E-state index in [4.69, 9.17) is 27.6 Å². The van der Waals surface area contributed by atoms with E-state index in [2.05, 4.69) is 46.9 Å². The van der Waals surface area contributed by atoms with E-state index in [1.165, 1.54) is 17.3 Å². The summed E-state index contributed by atoms with van der Waals surface area (Å²) in [7, 11) is 1.75. The topological polar surface area (TPSA) is 72.1 Å². The quantitative estimate of drug-likeness (QED) is 0.675. The highest BCUT2D eigenvalue weighted by atomic mass is 35.5. The van der Waals surface area contributed by atoms with Crippen LogP contribution in [0.4, 0.5) is 0 Å². The Labute approximate surface area is 172 Å². The van der Waals surface area contributed by atoms with Crippen molar-refractivity contribution in [2.45, 2.75) is 18.9 Å². The molecule has 6 nitrogen and oxygen atoms in total. The monoisotopic (exact) mass is 418 g/mol. The van der Waals surface area contributed by atoms with Crippen LogP contribution in [0.15, 0.2) is 40.9 Å². The van der Waals surface area contributed by atoms with Crippen LogP contribution in [-0.4, -0.2) is 34.8 Å². The molecule has 1 saturated heterocycles. The van der Waals surface area contributed by atoms with E-state index in [9.17, 15) is 4.79 Å². The molecule has 3 heterocycles. The number of carbonyl (C=O) groups is 1. The normalized spacial score (nSPS) is 19.1.